The van der Waals surface area contributed by atoms with Gasteiger partial charge in [0, 0.05) is 18.5 Å². The van der Waals surface area contributed by atoms with E-state index in [-0.39, 0.29) is 21.6 Å². The molecule has 0 saturated carbocycles. The van der Waals surface area contributed by atoms with Crippen LogP contribution in [-0.4, -0.2) is 31.1 Å². The molecule has 0 aromatic carbocycles. The van der Waals surface area contributed by atoms with Gasteiger partial charge < -0.3 is 4.90 Å². The third kappa shape index (κ3) is 3.18. The highest BCUT2D eigenvalue weighted by atomic mass is 32.1. The van der Waals surface area contributed by atoms with Gasteiger partial charge in [0.05, 0.1) is 28.5 Å². The maximum atomic E-state index is 13.5. The number of pyridine rings is 1. The normalized spacial score (nSPS) is 15.8. The van der Waals surface area contributed by atoms with Crippen LogP contribution in [0.4, 0.5) is 19.0 Å². The number of rotatable bonds is 3. The number of alkyl halides is 3. The van der Waals surface area contributed by atoms with Crippen molar-refractivity contribution < 1.29 is 22.8 Å². The van der Waals surface area contributed by atoms with E-state index >= 15 is 0 Å². The molecule has 5 nitrogen and oxygen atoms in total. The van der Waals surface area contributed by atoms with Gasteiger partial charge in [-0.3, -0.25) is 9.63 Å². The first-order valence-corrected chi connectivity index (χ1v) is 8.19. The molecule has 1 amide bonds. The Morgan fingerprint density at radius 1 is 1.38 bits per heavy atom. The summed E-state index contributed by atoms with van der Waals surface area (Å²) in [4.78, 5) is 22.7. The van der Waals surface area contributed by atoms with E-state index in [0.717, 1.165) is 30.2 Å². The molecule has 0 atom stereocenters. The Morgan fingerprint density at radius 2 is 2.08 bits per heavy atom. The zero-order valence-corrected chi connectivity index (χ0v) is 13.6. The fourth-order valence-corrected chi connectivity index (χ4v) is 3.68. The summed E-state index contributed by atoms with van der Waals surface area (Å²) in [5.74, 6) is -0.374. The summed E-state index contributed by atoms with van der Waals surface area (Å²) in [5, 5.41) is 1.37. The van der Waals surface area contributed by atoms with Crippen LogP contribution >= 0.6 is 11.3 Å². The van der Waals surface area contributed by atoms with Crippen molar-refractivity contribution in [1.82, 2.24) is 10.5 Å². The highest BCUT2D eigenvalue weighted by Crippen LogP contribution is 2.40. The van der Waals surface area contributed by atoms with Crippen molar-refractivity contribution in [3.8, 4) is 0 Å². The monoisotopic (exact) mass is 358 g/mol. The molecular formula is C15H15F3N3O2S. The molecule has 1 fully saturated rings. The number of carbonyl (C=O) groups is 1. The highest BCUT2D eigenvalue weighted by molar-refractivity contribution is 7.17. The number of hydrogen-bond donors (Lipinski definition) is 1. The number of hydroxylamine groups is 1. The molecule has 9 heteroatoms. The number of halogens is 3. The lowest BCUT2D eigenvalue weighted by atomic mass is 10.1. The predicted molar refractivity (Wildman–Crippen MR) is 84.8 cm³/mol. The molecule has 3 heterocycles. The van der Waals surface area contributed by atoms with E-state index in [1.807, 2.05) is 4.90 Å². The van der Waals surface area contributed by atoms with Crippen molar-refractivity contribution >= 4 is 33.3 Å². The van der Waals surface area contributed by atoms with Crippen molar-refractivity contribution in [3.05, 3.63) is 29.0 Å². The molecule has 129 valence electrons. The highest BCUT2D eigenvalue weighted by Gasteiger charge is 2.36. The summed E-state index contributed by atoms with van der Waals surface area (Å²) in [6, 6.07) is 1.07. The molecule has 24 heavy (non-hydrogen) atoms. The van der Waals surface area contributed by atoms with Crippen LogP contribution in [0.2, 0.25) is 0 Å². The second kappa shape index (κ2) is 6.56. The van der Waals surface area contributed by atoms with Gasteiger partial charge in [0.2, 0.25) is 0 Å². The lowest BCUT2D eigenvalue weighted by Gasteiger charge is -2.28. The Balaban J connectivity index is 2.15. The average Bonchev–Trinajstić information content (AvgIpc) is 2.98. The number of fused-ring (bicyclic) bond motifs is 1. The van der Waals surface area contributed by atoms with Crippen molar-refractivity contribution in [2.75, 3.05) is 25.1 Å². The quantitative estimate of drug-likeness (QED) is 0.855. The first-order chi connectivity index (χ1) is 11.4. The van der Waals surface area contributed by atoms with Crippen LogP contribution in [0.3, 0.4) is 0 Å². The largest absolute Gasteiger partial charge is 0.417 e. The first kappa shape index (κ1) is 17.0. The predicted octanol–water partition coefficient (Wildman–Crippen LogP) is 3.41. The second-order valence-electron chi connectivity index (χ2n) is 5.34. The molecule has 3 rings (SSSR count). The molecule has 1 saturated heterocycles. The van der Waals surface area contributed by atoms with Crippen LogP contribution < -0.4 is 10.4 Å². The minimum absolute atomic E-state index is 0.0453. The molecule has 0 aliphatic carbocycles. The summed E-state index contributed by atoms with van der Waals surface area (Å²) in [7, 11) is 1.26. The first-order valence-electron chi connectivity index (χ1n) is 7.31. The van der Waals surface area contributed by atoms with E-state index in [0.29, 0.717) is 13.1 Å². The van der Waals surface area contributed by atoms with Gasteiger partial charge in [-0.15, -0.1) is 11.3 Å². The third-order valence-electron chi connectivity index (χ3n) is 3.78. The molecule has 0 bridgehead atoms. The summed E-state index contributed by atoms with van der Waals surface area (Å²) >= 11 is 0.853. The molecule has 1 aliphatic rings. The topological polar surface area (TPSA) is 54.5 Å². The van der Waals surface area contributed by atoms with Gasteiger partial charge in [-0.05, 0) is 25.3 Å². The van der Waals surface area contributed by atoms with Gasteiger partial charge in [-0.25, -0.2) is 10.5 Å². The van der Waals surface area contributed by atoms with Crippen molar-refractivity contribution in [1.29, 1.82) is 0 Å². The summed E-state index contributed by atoms with van der Waals surface area (Å²) in [6.45, 7) is 1.22. The Morgan fingerprint density at radius 3 is 2.71 bits per heavy atom. The summed E-state index contributed by atoms with van der Waals surface area (Å²) < 4.78 is 40.3. The average molecular weight is 358 g/mol. The SMILES string of the molecule is CONC(=O)c1csc2c(C(F)(F)F)cc(N3CC[CH]CC3)nc12. The summed E-state index contributed by atoms with van der Waals surface area (Å²) in [6.07, 6.45) is -0.830. The van der Waals surface area contributed by atoms with Crippen LogP contribution in [0.5, 0.6) is 0 Å². The van der Waals surface area contributed by atoms with Gasteiger partial charge in [0.1, 0.15) is 5.82 Å². The lowest BCUT2D eigenvalue weighted by Crippen LogP contribution is -2.30. The van der Waals surface area contributed by atoms with Crippen molar-refractivity contribution in [3.63, 3.8) is 0 Å². The zero-order valence-electron chi connectivity index (χ0n) is 12.8. The molecule has 2 aromatic heterocycles. The van der Waals surface area contributed by atoms with Gasteiger partial charge in [-0.1, -0.05) is 0 Å². The van der Waals surface area contributed by atoms with Crippen LogP contribution in [0, 0.1) is 6.42 Å². The number of anilines is 1. The van der Waals surface area contributed by atoms with Gasteiger partial charge >= 0.3 is 6.18 Å². The molecule has 0 unspecified atom stereocenters. The molecule has 1 radical (unpaired) electrons. The van der Waals surface area contributed by atoms with E-state index in [1.54, 1.807) is 0 Å². The maximum absolute atomic E-state index is 13.5. The third-order valence-corrected chi connectivity index (χ3v) is 4.79. The van der Waals surface area contributed by atoms with Crippen molar-refractivity contribution in [2.45, 2.75) is 19.0 Å². The number of piperidine rings is 1. The zero-order chi connectivity index (χ0) is 17.3. The molecule has 1 aliphatic heterocycles. The van der Waals surface area contributed by atoms with Gasteiger partial charge in [0.25, 0.3) is 5.91 Å². The van der Waals surface area contributed by atoms with E-state index in [1.165, 1.54) is 12.5 Å². The fourth-order valence-electron chi connectivity index (χ4n) is 2.66. The fraction of sp³-hybridized carbons (Fsp3) is 0.400. The number of nitrogens with one attached hydrogen (secondary N) is 1. The number of nitrogens with zero attached hydrogens (tertiary/aromatic N) is 2. The van der Waals surface area contributed by atoms with Crippen molar-refractivity contribution in [2.24, 2.45) is 0 Å². The Bertz CT molecular complexity index is 754. The minimum Gasteiger partial charge on any atom is -0.357 e. The number of carbonyl (C=O) groups excluding carboxylic acids is 1. The van der Waals surface area contributed by atoms with Crippen LogP contribution in [0.15, 0.2) is 11.4 Å². The van der Waals surface area contributed by atoms with E-state index in [9.17, 15) is 18.0 Å². The number of amides is 1. The van der Waals surface area contributed by atoms with Crippen LogP contribution in [0.1, 0.15) is 28.8 Å². The lowest BCUT2D eigenvalue weighted by molar-refractivity contribution is -0.136. The number of hydrogen-bond acceptors (Lipinski definition) is 5. The van der Waals surface area contributed by atoms with E-state index in [2.05, 4.69) is 21.7 Å². The van der Waals surface area contributed by atoms with Crippen LogP contribution in [-0.2, 0) is 11.0 Å². The molecule has 0 spiro atoms. The molecule has 2 aromatic rings. The van der Waals surface area contributed by atoms with Gasteiger partial charge in [-0.2, -0.15) is 13.2 Å². The van der Waals surface area contributed by atoms with E-state index < -0.39 is 17.6 Å². The van der Waals surface area contributed by atoms with Crippen LogP contribution in [0.25, 0.3) is 10.2 Å². The smallest absolute Gasteiger partial charge is 0.357 e. The Kier molecular flexibility index (Phi) is 4.64. The van der Waals surface area contributed by atoms with E-state index in [4.69, 9.17) is 0 Å². The maximum Gasteiger partial charge on any atom is 0.417 e. The van der Waals surface area contributed by atoms with Gasteiger partial charge in [0.15, 0.2) is 0 Å². The standard InChI is InChI=1S/C15H15F3N3O2S/c1-23-20-14(22)9-8-24-13-10(15(16,17)18)7-11(19-12(9)13)21-5-3-2-4-6-21/h2,7-8H,3-6H2,1H3,(H,20,22). The second-order valence-corrected chi connectivity index (χ2v) is 6.22. The number of thiophene rings is 1. The molecule has 1 N–H and O–H groups in total. The number of aromatic nitrogens is 1. The Labute approximate surface area is 140 Å². The summed E-state index contributed by atoms with van der Waals surface area (Å²) in [5.41, 5.74) is 1.49. The minimum atomic E-state index is -4.52. The Hall–Kier alpha value is -1.87. The molecular weight excluding hydrogens is 343 g/mol.